The van der Waals surface area contributed by atoms with E-state index in [1.807, 2.05) is 24.3 Å². The number of aliphatic hydroxyl groups is 1. The third-order valence-electron chi connectivity index (χ3n) is 3.85. The molecule has 2 unspecified atom stereocenters. The lowest BCUT2D eigenvalue weighted by atomic mass is 9.78. The van der Waals surface area contributed by atoms with Crippen molar-refractivity contribution >= 4 is 11.1 Å². The fraction of sp³-hybridized carbons (Fsp3) is 0.562. The molecule has 0 saturated heterocycles. The molecule has 2 atom stereocenters. The Hall–Kier alpha value is -1.35. The van der Waals surface area contributed by atoms with Gasteiger partial charge in [0.15, 0.2) is 11.5 Å². The van der Waals surface area contributed by atoms with Crippen molar-refractivity contribution in [2.75, 3.05) is 0 Å². The minimum Gasteiger partial charge on any atom is -0.441 e. The largest absolute Gasteiger partial charge is 0.441 e. The molecule has 1 heterocycles. The smallest absolute Gasteiger partial charge is 0.198 e. The van der Waals surface area contributed by atoms with Crippen molar-refractivity contribution in [2.24, 2.45) is 11.3 Å². The number of fused-ring (bicyclic) bond motifs is 1. The third kappa shape index (κ3) is 3.57. The highest BCUT2D eigenvalue weighted by Crippen LogP contribution is 2.29. The fourth-order valence-corrected chi connectivity index (χ4v) is 2.05. The minimum absolute atomic E-state index is 0.211. The van der Waals surface area contributed by atoms with Gasteiger partial charge in [-0.25, -0.2) is 4.98 Å². The number of para-hydroxylation sites is 2. The molecule has 1 aromatic carbocycles. The molecule has 3 heteroatoms. The predicted molar refractivity (Wildman–Crippen MR) is 77.0 cm³/mol. The van der Waals surface area contributed by atoms with E-state index in [9.17, 15) is 5.11 Å². The lowest BCUT2D eigenvalue weighted by molar-refractivity contribution is 0.105. The van der Waals surface area contributed by atoms with Gasteiger partial charge in [-0.05, 0) is 29.9 Å². The molecule has 0 fully saturated rings. The van der Waals surface area contributed by atoms with Crippen LogP contribution in [0.2, 0.25) is 0 Å². The molecule has 104 valence electrons. The second kappa shape index (κ2) is 5.33. The van der Waals surface area contributed by atoms with Gasteiger partial charge in [0.1, 0.15) is 5.52 Å². The maximum atomic E-state index is 10.2. The summed E-state index contributed by atoms with van der Waals surface area (Å²) in [7, 11) is 0. The van der Waals surface area contributed by atoms with Crippen LogP contribution in [0.1, 0.15) is 40.0 Å². The number of rotatable bonds is 4. The molecule has 1 aromatic heterocycles. The van der Waals surface area contributed by atoms with Crippen molar-refractivity contribution in [1.29, 1.82) is 0 Å². The number of benzene rings is 1. The van der Waals surface area contributed by atoms with E-state index in [-0.39, 0.29) is 5.41 Å². The summed E-state index contributed by atoms with van der Waals surface area (Å²) in [6.07, 6.45) is 0.847. The first-order valence-corrected chi connectivity index (χ1v) is 6.89. The highest BCUT2D eigenvalue weighted by Gasteiger charge is 2.23. The molecular formula is C16H23NO2. The average Bonchev–Trinajstić information content (AvgIpc) is 2.69. The van der Waals surface area contributed by atoms with E-state index in [4.69, 9.17) is 4.42 Å². The molecular weight excluding hydrogens is 238 g/mol. The zero-order valence-electron chi connectivity index (χ0n) is 12.2. The number of nitrogens with zero attached hydrogens (tertiary/aromatic N) is 1. The summed E-state index contributed by atoms with van der Waals surface area (Å²) in [5, 5.41) is 10.2. The second-order valence-electron chi connectivity index (χ2n) is 6.44. The monoisotopic (exact) mass is 261 g/mol. The van der Waals surface area contributed by atoms with Crippen LogP contribution in [0.5, 0.6) is 0 Å². The van der Waals surface area contributed by atoms with Gasteiger partial charge in [-0.2, -0.15) is 0 Å². The maximum Gasteiger partial charge on any atom is 0.198 e. The predicted octanol–water partition coefficient (Wildman–Crippen LogP) is 3.80. The highest BCUT2D eigenvalue weighted by molar-refractivity contribution is 5.72. The van der Waals surface area contributed by atoms with Gasteiger partial charge in [0.2, 0.25) is 0 Å². The van der Waals surface area contributed by atoms with E-state index in [2.05, 4.69) is 32.7 Å². The maximum absolute atomic E-state index is 10.2. The highest BCUT2D eigenvalue weighted by atomic mass is 16.4. The lowest BCUT2D eigenvalue weighted by Crippen LogP contribution is -2.24. The fourth-order valence-electron chi connectivity index (χ4n) is 2.05. The van der Waals surface area contributed by atoms with Gasteiger partial charge < -0.3 is 9.52 Å². The first-order valence-electron chi connectivity index (χ1n) is 6.89. The van der Waals surface area contributed by atoms with Crippen molar-refractivity contribution in [3.63, 3.8) is 0 Å². The second-order valence-corrected chi connectivity index (χ2v) is 6.44. The molecule has 3 nitrogen and oxygen atoms in total. The summed E-state index contributed by atoms with van der Waals surface area (Å²) < 4.78 is 5.63. The van der Waals surface area contributed by atoms with Crippen LogP contribution in [0, 0.1) is 11.3 Å². The molecule has 0 bridgehead atoms. The van der Waals surface area contributed by atoms with Crippen LogP contribution in [0.3, 0.4) is 0 Å². The molecule has 1 N–H and O–H groups in total. The molecule has 0 aliphatic carbocycles. The van der Waals surface area contributed by atoms with Crippen LogP contribution in [-0.4, -0.2) is 16.2 Å². The summed E-state index contributed by atoms with van der Waals surface area (Å²) in [5.74, 6) is 1.07. The van der Waals surface area contributed by atoms with Gasteiger partial charge in [0.25, 0.3) is 0 Å². The SMILES string of the molecule is CC(CC(O)Cc1nc2ccccc2o1)C(C)(C)C. The summed E-state index contributed by atoms with van der Waals surface area (Å²) in [5.41, 5.74) is 1.85. The van der Waals surface area contributed by atoms with E-state index in [1.54, 1.807) is 0 Å². The van der Waals surface area contributed by atoms with E-state index < -0.39 is 6.10 Å². The summed E-state index contributed by atoms with van der Waals surface area (Å²) >= 11 is 0. The summed E-state index contributed by atoms with van der Waals surface area (Å²) in [6.45, 7) is 8.77. The quantitative estimate of drug-likeness (QED) is 0.910. The third-order valence-corrected chi connectivity index (χ3v) is 3.85. The summed E-state index contributed by atoms with van der Waals surface area (Å²) in [6, 6.07) is 7.69. The molecule has 0 radical (unpaired) electrons. The first-order chi connectivity index (χ1) is 8.86. The topological polar surface area (TPSA) is 46.3 Å². The van der Waals surface area contributed by atoms with Crippen molar-refractivity contribution < 1.29 is 9.52 Å². The molecule has 0 aliphatic rings. The lowest BCUT2D eigenvalue weighted by Gasteiger charge is -2.28. The van der Waals surface area contributed by atoms with Gasteiger partial charge in [-0.3, -0.25) is 0 Å². The van der Waals surface area contributed by atoms with E-state index >= 15 is 0 Å². The Morgan fingerprint density at radius 2 is 1.95 bits per heavy atom. The Labute approximate surface area is 114 Å². The van der Waals surface area contributed by atoms with Gasteiger partial charge >= 0.3 is 0 Å². The van der Waals surface area contributed by atoms with Crippen LogP contribution >= 0.6 is 0 Å². The van der Waals surface area contributed by atoms with Crippen molar-refractivity contribution in [2.45, 2.75) is 46.6 Å². The van der Waals surface area contributed by atoms with Gasteiger partial charge in [0.05, 0.1) is 12.5 Å². The van der Waals surface area contributed by atoms with Crippen molar-refractivity contribution in [3.8, 4) is 0 Å². The number of oxazole rings is 1. The summed E-state index contributed by atoms with van der Waals surface area (Å²) in [4.78, 5) is 4.40. The molecule has 0 aliphatic heterocycles. The molecule has 19 heavy (non-hydrogen) atoms. The van der Waals surface area contributed by atoms with Crippen molar-refractivity contribution in [3.05, 3.63) is 30.2 Å². The van der Waals surface area contributed by atoms with Crippen LogP contribution in [-0.2, 0) is 6.42 Å². The van der Waals surface area contributed by atoms with Gasteiger partial charge in [-0.1, -0.05) is 39.8 Å². The van der Waals surface area contributed by atoms with E-state index in [0.717, 1.165) is 17.5 Å². The minimum atomic E-state index is -0.401. The van der Waals surface area contributed by atoms with Crippen molar-refractivity contribution in [1.82, 2.24) is 4.98 Å². The van der Waals surface area contributed by atoms with Crippen LogP contribution in [0.15, 0.2) is 28.7 Å². The van der Waals surface area contributed by atoms with Crippen LogP contribution < -0.4 is 0 Å². The molecule has 0 spiro atoms. The molecule has 0 saturated carbocycles. The number of aliphatic hydroxyl groups excluding tert-OH is 1. The Morgan fingerprint density at radius 1 is 1.26 bits per heavy atom. The van der Waals surface area contributed by atoms with Gasteiger partial charge in [0, 0.05) is 0 Å². The average molecular weight is 261 g/mol. The number of hydrogen-bond donors (Lipinski definition) is 1. The Balaban J connectivity index is 2.00. The van der Waals surface area contributed by atoms with E-state index in [0.29, 0.717) is 18.2 Å². The number of aromatic nitrogens is 1. The molecule has 0 amide bonds. The standard InChI is InChI=1S/C16H23NO2/c1-11(16(2,3)4)9-12(18)10-15-17-13-7-5-6-8-14(13)19-15/h5-8,11-12,18H,9-10H2,1-4H3. The zero-order chi connectivity index (χ0) is 14.0. The van der Waals surface area contributed by atoms with Gasteiger partial charge in [-0.15, -0.1) is 0 Å². The van der Waals surface area contributed by atoms with E-state index in [1.165, 1.54) is 0 Å². The molecule has 2 aromatic rings. The normalized spacial score (nSPS) is 15.6. The first kappa shape index (κ1) is 14.1. The Bertz CT molecular complexity index is 506. The number of hydrogen-bond acceptors (Lipinski definition) is 3. The molecule has 2 rings (SSSR count). The Kier molecular flexibility index (Phi) is 3.95. The zero-order valence-corrected chi connectivity index (χ0v) is 12.2. The Morgan fingerprint density at radius 3 is 2.58 bits per heavy atom. The van der Waals surface area contributed by atoms with Crippen LogP contribution in [0.25, 0.3) is 11.1 Å². The van der Waals surface area contributed by atoms with Crippen LogP contribution in [0.4, 0.5) is 0 Å².